The smallest absolute Gasteiger partial charge is 0.259 e. The monoisotopic (exact) mass is 313 g/mol. The highest BCUT2D eigenvalue weighted by molar-refractivity contribution is 6.07. The number of carbonyl (C=O) groups excluding carboxylic acids is 2. The topological polar surface area (TPSA) is 64.6 Å². The number of hydrogen-bond donors (Lipinski definition) is 1. The van der Waals surface area contributed by atoms with E-state index in [0.29, 0.717) is 28.3 Å². The number of amides is 1. The molecule has 5 heteroatoms. The van der Waals surface area contributed by atoms with Gasteiger partial charge in [-0.3, -0.25) is 9.59 Å². The second kappa shape index (κ2) is 6.96. The number of rotatable bonds is 5. The first-order chi connectivity index (χ1) is 11.0. The van der Waals surface area contributed by atoms with Gasteiger partial charge in [0.15, 0.2) is 5.78 Å². The summed E-state index contributed by atoms with van der Waals surface area (Å²) in [6, 6.07) is 10.2. The van der Waals surface area contributed by atoms with Gasteiger partial charge in [0, 0.05) is 16.8 Å². The van der Waals surface area contributed by atoms with Crippen LogP contribution in [-0.2, 0) is 0 Å². The van der Waals surface area contributed by atoms with E-state index in [0.717, 1.165) is 5.56 Å². The zero-order valence-corrected chi connectivity index (χ0v) is 13.6. The summed E-state index contributed by atoms with van der Waals surface area (Å²) in [5.41, 5.74) is 2.25. The normalized spacial score (nSPS) is 10.1. The van der Waals surface area contributed by atoms with Crippen LogP contribution in [0.15, 0.2) is 36.4 Å². The Balaban J connectivity index is 2.33. The van der Waals surface area contributed by atoms with E-state index in [9.17, 15) is 9.59 Å². The zero-order valence-electron chi connectivity index (χ0n) is 13.6. The van der Waals surface area contributed by atoms with Crippen molar-refractivity contribution in [1.29, 1.82) is 0 Å². The van der Waals surface area contributed by atoms with E-state index < -0.39 is 0 Å². The van der Waals surface area contributed by atoms with Gasteiger partial charge in [-0.15, -0.1) is 0 Å². The van der Waals surface area contributed by atoms with Crippen LogP contribution in [-0.4, -0.2) is 25.9 Å². The molecule has 2 rings (SSSR count). The highest BCUT2D eigenvalue weighted by Gasteiger charge is 2.17. The lowest BCUT2D eigenvalue weighted by atomic mass is 10.1. The number of methoxy groups -OCH3 is 2. The molecular weight excluding hydrogens is 294 g/mol. The molecule has 0 radical (unpaired) electrons. The lowest BCUT2D eigenvalue weighted by Crippen LogP contribution is -2.14. The van der Waals surface area contributed by atoms with Gasteiger partial charge in [-0.2, -0.15) is 0 Å². The van der Waals surface area contributed by atoms with Gasteiger partial charge in [-0.1, -0.05) is 12.1 Å². The van der Waals surface area contributed by atoms with Gasteiger partial charge in [0.25, 0.3) is 5.91 Å². The van der Waals surface area contributed by atoms with Crippen LogP contribution in [0.1, 0.15) is 33.2 Å². The Bertz CT molecular complexity index is 753. The first-order valence-corrected chi connectivity index (χ1v) is 7.12. The number of anilines is 1. The Morgan fingerprint density at radius 2 is 1.78 bits per heavy atom. The second-order valence-corrected chi connectivity index (χ2v) is 5.06. The maximum absolute atomic E-state index is 12.5. The summed E-state index contributed by atoms with van der Waals surface area (Å²) < 4.78 is 10.6. The largest absolute Gasteiger partial charge is 0.496 e. The molecule has 1 amide bonds. The Labute approximate surface area is 135 Å². The molecule has 120 valence electrons. The van der Waals surface area contributed by atoms with Crippen molar-refractivity contribution in [2.45, 2.75) is 13.8 Å². The molecule has 0 unspecified atom stereocenters. The molecule has 1 N–H and O–H groups in total. The fourth-order valence-corrected chi connectivity index (χ4v) is 2.35. The fourth-order valence-electron chi connectivity index (χ4n) is 2.35. The van der Waals surface area contributed by atoms with Gasteiger partial charge in [0.2, 0.25) is 0 Å². The van der Waals surface area contributed by atoms with Gasteiger partial charge in [0.1, 0.15) is 11.5 Å². The Kier molecular flexibility index (Phi) is 5.01. The first kappa shape index (κ1) is 16.5. The van der Waals surface area contributed by atoms with Crippen molar-refractivity contribution < 1.29 is 19.1 Å². The quantitative estimate of drug-likeness (QED) is 0.859. The molecular formula is C18H19NO4. The van der Waals surface area contributed by atoms with Gasteiger partial charge in [-0.25, -0.2) is 0 Å². The standard InChI is InChI=1S/C18H19NO4/c1-11-16(22-3)9-8-15(17(11)23-4)18(21)19-14-7-5-6-13(10-14)12(2)20/h5-10H,1-4H3,(H,19,21). The second-order valence-electron chi connectivity index (χ2n) is 5.06. The van der Waals surface area contributed by atoms with Crippen LogP contribution >= 0.6 is 0 Å². The molecule has 0 atom stereocenters. The third-order valence-corrected chi connectivity index (χ3v) is 3.55. The van der Waals surface area contributed by atoms with Crippen LogP contribution in [0.4, 0.5) is 5.69 Å². The molecule has 0 bridgehead atoms. The molecule has 23 heavy (non-hydrogen) atoms. The maximum Gasteiger partial charge on any atom is 0.259 e. The average Bonchev–Trinajstić information content (AvgIpc) is 2.54. The van der Waals surface area contributed by atoms with Crippen LogP contribution in [0.25, 0.3) is 0 Å². The minimum atomic E-state index is -0.312. The van der Waals surface area contributed by atoms with Crippen molar-refractivity contribution in [3.05, 3.63) is 53.1 Å². The third kappa shape index (κ3) is 3.51. The van der Waals surface area contributed by atoms with Crippen molar-refractivity contribution in [3.8, 4) is 11.5 Å². The molecule has 0 saturated heterocycles. The Hall–Kier alpha value is -2.82. The number of nitrogens with one attached hydrogen (secondary N) is 1. The Morgan fingerprint density at radius 3 is 2.39 bits per heavy atom. The van der Waals surface area contributed by atoms with Gasteiger partial charge < -0.3 is 14.8 Å². The number of carbonyl (C=O) groups is 2. The number of ketones is 1. The number of Topliss-reactive ketones (excluding diaryl/α,β-unsaturated/α-hetero) is 1. The molecule has 0 spiro atoms. The van der Waals surface area contributed by atoms with E-state index in [4.69, 9.17) is 9.47 Å². The minimum Gasteiger partial charge on any atom is -0.496 e. The van der Waals surface area contributed by atoms with E-state index in [1.807, 2.05) is 6.92 Å². The summed E-state index contributed by atoms with van der Waals surface area (Å²) in [7, 11) is 3.07. The summed E-state index contributed by atoms with van der Waals surface area (Å²) in [5.74, 6) is 0.744. The van der Waals surface area contributed by atoms with E-state index in [2.05, 4.69) is 5.32 Å². The Morgan fingerprint density at radius 1 is 1.04 bits per heavy atom. The van der Waals surface area contributed by atoms with Crippen molar-refractivity contribution in [3.63, 3.8) is 0 Å². The predicted molar refractivity (Wildman–Crippen MR) is 88.7 cm³/mol. The average molecular weight is 313 g/mol. The van der Waals surface area contributed by atoms with Crippen molar-refractivity contribution in [2.24, 2.45) is 0 Å². The molecule has 0 saturated carbocycles. The molecule has 2 aromatic carbocycles. The molecule has 5 nitrogen and oxygen atoms in total. The van der Waals surface area contributed by atoms with Gasteiger partial charge in [-0.05, 0) is 38.1 Å². The number of hydrogen-bond acceptors (Lipinski definition) is 4. The molecule has 0 aromatic heterocycles. The lowest BCUT2D eigenvalue weighted by Gasteiger charge is -2.14. The van der Waals surface area contributed by atoms with Crippen LogP contribution in [0.5, 0.6) is 11.5 Å². The summed E-state index contributed by atoms with van der Waals surface area (Å²) in [6.07, 6.45) is 0. The van der Waals surface area contributed by atoms with Crippen LogP contribution < -0.4 is 14.8 Å². The van der Waals surface area contributed by atoms with E-state index in [1.165, 1.54) is 14.0 Å². The number of benzene rings is 2. The van der Waals surface area contributed by atoms with Crippen molar-refractivity contribution >= 4 is 17.4 Å². The van der Waals surface area contributed by atoms with E-state index in [1.54, 1.807) is 43.5 Å². The molecule has 0 heterocycles. The van der Waals surface area contributed by atoms with Crippen LogP contribution in [0.3, 0.4) is 0 Å². The molecule has 0 aliphatic heterocycles. The van der Waals surface area contributed by atoms with Gasteiger partial charge >= 0.3 is 0 Å². The van der Waals surface area contributed by atoms with Gasteiger partial charge in [0.05, 0.1) is 19.8 Å². The summed E-state index contributed by atoms with van der Waals surface area (Å²) in [5, 5.41) is 2.78. The highest BCUT2D eigenvalue weighted by atomic mass is 16.5. The SMILES string of the molecule is COc1ccc(C(=O)Nc2cccc(C(C)=O)c2)c(OC)c1C. The zero-order chi connectivity index (χ0) is 17.0. The molecule has 2 aromatic rings. The van der Waals surface area contributed by atoms with Crippen LogP contribution in [0.2, 0.25) is 0 Å². The van der Waals surface area contributed by atoms with E-state index in [-0.39, 0.29) is 11.7 Å². The maximum atomic E-state index is 12.5. The molecule has 0 aliphatic rings. The highest BCUT2D eigenvalue weighted by Crippen LogP contribution is 2.31. The molecule has 0 aliphatic carbocycles. The molecule has 0 fully saturated rings. The third-order valence-electron chi connectivity index (χ3n) is 3.55. The summed E-state index contributed by atoms with van der Waals surface area (Å²) >= 11 is 0. The van der Waals surface area contributed by atoms with Crippen molar-refractivity contribution in [1.82, 2.24) is 0 Å². The van der Waals surface area contributed by atoms with E-state index >= 15 is 0 Å². The minimum absolute atomic E-state index is 0.0565. The predicted octanol–water partition coefficient (Wildman–Crippen LogP) is 3.47. The lowest BCUT2D eigenvalue weighted by molar-refractivity contribution is 0.101. The number of ether oxygens (including phenoxy) is 2. The van der Waals surface area contributed by atoms with Crippen molar-refractivity contribution in [2.75, 3.05) is 19.5 Å². The van der Waals surface area contributed by atoms with Crippen LogP contribution in [0, 0.1) is 6.92 Å². The first-order valence-electron chi connectivity index (χ1n) is 7.12. The fraction of sp³-hybridized carbons (Fsp3) is 0.222. The summed E-state index contributed by atoms with van der Waals surface area (Å²) in [4.78, 5) is 23.9. The summed E-state index contributed by atoms with van der Waals surface area (Å²) in [6.45, 7) is 3.31.